The van der Waals surface area contributed by atoms with Gasteiger partial charge in [-0.25, -0.2) is 12.7 Å². The van der Waals surface area contributed by atoms with E-state index in [0.29, 0.717) is 18.8 Å². The van der Waals surface area contributed by atoms with Gasteiger partial charge in [0.1, 0.15) is 10.6 Å². The van der Waals surface area contributed by atoms with Gasteiger partial charge in [0.15, 0.2) is 0 Å². The first-order valence-electron chi connectivity index (χ1n) is 6.31. The molecule has 0 amide bonds. The molecule has 0 fully saturated rings. The molecule has 0 heterocycles. The van der Waals surface area contributed by atoms with Gasteiger partial charge in [-0.2, -0.15) is 0 Å². The summed E-state index contributed by atoms with van der Waals surface area (Å²) < 4.78 is 31.1. The summed E-state index contributed by atoms with van der Waals surface area (Å²) in [6.07, 6.45) is 0. The van der Waals surface area contributed by atoms with Crippen molar-refractivity contribution in [1.82, 2.24) is 9.62 Å². The van der Waals surface area contributed by atoms with E-state index in [0.717, 1.165) is 12.1 Å². The predicted octanol–water partition coefficient (Wildman–Crippen LogP) is 1.45. The number of ether oxygens (including phenoxy) is 1. The fraction of sp³-hybridized carbons (Fsp3) is 0.538. The molecule has 0 spiro atoms. The van der Waals surface area contributed by atoms with Gasteiger partial charge in [-0.05, 0) is 24.2 Å². The number of hydrogen-bond acceptors (Lipinski definition) is 4. The van der Waals surface area contributed by atoms with E-state index >= 15 is 0 Å². The number of sulfonamides is 1. The van der Waals surface area contributed by atoms with Crippen LogP contribution in [0.2, 0.25) is 0 Å². The first kappa shape index (κ1) is 15.9. The molecule has 5 nitrogen and oxygen atoms in total. The van der Waals surface area contributed by atoms with Crippen molar-refractivity contribution in [1.29, 1.82) is 0 Å². The van der Waals surface area contributed by atoms with Crippen LogP contribution in [0.5, 0.6) is 5.75 Å². The van der Waals surface area contributed by atoms with E-state index in [2.05, 4.69) is 5.32 Å². The summed E-state index contributed by atoms with van der Waals surface area (Å²) in [5, 5.41) is 3.19. The Kier molecular flexibility index (Phi) is 5.78. The minimum atomic E-state index is -3.48. The summed E-state index contributed by atoms with van der Waals surface area (Å²) in [7, 11) is -0.441. The summed E-state index contributed by atoms with van der Waals surface area (Å²) in [6, 6.07) is 5.17. The van der Waals surface area contributed by atoms with E-state index in [1.165, 1.54) is 11.4 Å². The molecule has 0 aliphatic rings. The van der Waals surface area contributed by atoms with Gasteiger partial charge in [0.05, 0.1) is 7.11 Å². The van der Waals surface area contributed by atoms with E-state index in [9.17, 15) is 8.42 Å². The van der Waals surface area contributed by atoms with Crippen LogP contribution < -0.4 is 10.1 Å². The van der Waals surface area contributed by atoms with Crippen LogP contribution in [0.25, 0.3) is 0 Å². The highest BCUT2D eigenvalue weighted by Crippen LogP contribution is 2.27. The number of methoxy groups -OCH3 is 1. The number of rotatable bonds is 7. The molecule has 0 aromatic heterocycles. The predicted molar refractivity (Wildman–Crippen MR) is 75.9 cm³/mol. The summed E-state index contributed by atoms with van der Waals surface area (Å²) in [5.41, 5.74) is 0.997. The van der Waals surface area contributed by atoms with Crippen molar-refractivity contribution >= 4 is 10.0 Å². The van der Waals surface area contributed by atoms with Gasteiger partial charge in [-0.1, -0.05) is 19.9 Å². The highest BCUT2D eigenvalue weighted by atomic mass is 32.2. The maximum absolute atomic E-state index is 12.3. The van der Waals surface area contributed by atoms with Gasteiger partial charge in [0.2, 0.25) is 10.0 Å². The van der Waals surface area contributed by atoms with Gasteiger partial charge in [0, 0.05) is 20.1 Å². The van der Waals surface area contributed by atoms with Crippen molar-refractivity contribution < 1.29 is 13.2 Å². The lowest BCUT2D eigenvalue weighted by atomic mass is 10.2. The zero-order chi connectivity index (χ0) is 14.5. The Morgan fingerprint density at radius 1 is 1.32 bits per heavy atom. The van der Waals surface area contributed by atoms with Crippen LogP contribution in [0, 0.1) is 0 Å². The second-order valence-electron chi connectivity index (χ2n) is 4.18. The second-order valence-corrected chi connectivity index (χ2v) is 6.20. The largest absolute Gasteiger partial charge is 0.495 e. The molecule has 19 heavy (non-hydrogen) atoms. The van der Waals surface area contributed by atoms with Crippen molar-refractivity contribution in [3.63, 3.8) is 0 Å². The summed E-state index contributed by atoms with van der Waals surface area (Å²) >= 11 is 0. The van der Waals surface area contributed by atoms with Crippen LogP contribution in [-0.4, -0.2) is 40.0 Å². The van der Waals surface area contributed by atoms with Crippen LogP contribution in [-0.2, 0) is 16.6 Å². The first-order valence-corrected chi connectivity index (χ1v) is 7.75. The molecule has 0 bridgehead atoms. The number of benzene rings is 1. The van der Waals surface area contributed by atoms with Crippen LogP contribution in [0.1, 0.15) is 19.4 Å². The van der Waals surface area contributed by atoms with Gasteiger partial charge < -0.3 is 10.1 Å². The average Bonchev–Trinajstić information content (AvgIpc) is 2.43. The van der Waals surface area contributed by atoms with E-state index in [-0.39, 0.29) is 4.90 Å². The monoisotopic (exact) mass is 286 g/mol. The Morgan fingerprint density at radius 3 is 2.53 bits per heavy atom. The molecule has 1 N–H and O–H groups in total. The van der Waals surface area contributed by atoms with E-state index in [1.54, 1.807) is 26.1 Å². The van der Waals surface area contributed by atoms with E-state index < -0.39 is 10.0 Å². The molecule has 0 aliphatic carbocycles. The zero-order valence-corrected chi connectivity index (χ0v) is 12.8. The van der Waals surface area contributed by atoms with Gasteiger partial charge in [0.25, 0.3) is 0 Å². The number of hydrogen-bond donors (Lipinski definition) is 1. The van der Waals surface area contributed by atoms with Gasteiger partial charge in [-0.15, -0.1) is 0 Å². The standard InChI is InChI=1S/C13H22N2O3S/c1-5-14-10-11-7-8-13(12(9-11)18-4)19(16,17)15(3)6-2/h7-9,14H,5-6,10H2,1-4H3. The van der Waals surface area contributed by atoms with Crippen LogP contribution in [0.4, 0.5) is 0 Å². The SMILES string of the molecule is CCNCc1ccc(S(=O)(=O)N(C)CC)c(OC)c1. The Bertz CT molecular complexity index is 515. The molecular weight excluding hydrogens is 264 g/mol. The van der Waals surface area contributed by atoms with Crippen molar-refractivity contribution in [2.75, 3.05) is 27.2 Å². The fourth-order valence-corrected chi connectivity index (χ4v) is 2.95. The molecule has 0 radical (unpaired) electrons. The lowest BCUT2D eigenvalue weighted by molar-refractivity contribution is 0.398. The maximum Gasteiger partial charge on any atom is 0.246 e. The molecule has 6 heteroatoms. The fourth-order valence-electron chi connectivity index (χ4n) is 1.64. The molecule has 108 valence electrons. The maximum atomic E-state index is 12.3. The Labute approximate surface area is 115 Å². The third-order valence-corrected chi connectivity index (χ3v) is 4.91. The molecule has 0 saturated heterocycles. The average molecular weight is 286 g/mol. The summed E-state index contributed by atoms with van der Waals surface area (Å²) in [4.78, 5) is 0.208. The summed E-state index contributed by atoms with van der Waals surface area (Å²) in [5.74, 6) is 0.385. The van der Waals surface area contributed by atoms with Crippen molar-refractivity contribution in [2.45, 2.75) is 25.3 Å². The third kappa shape index (κ3) is 3.68. The Balaban J connectivity index is 3.16. The Morgan fingerprint density at radius 2 is 2.00 bits per heavy atom. The second kappa shape index (κ2) is 6.88. The topological polar surface area (TPSA) is 58.6 Å². The minimum absolute atomic E-state index is 0.208. The quantitative estimate of drug-likeness (QED) is 0.824. The molecule has 1 aromatic carbocycles. The molecular formula is C13H22N2O3S. The number of nitrogens with one attached hydrogen (secondary N) is 1. The van der Waals surface area contributed by atoms with Crippen molar-refractivity contribution in [3.05, 3.63) is 23.8 Å². The molecule has 0 unspecified atom stereocenters. The lowest BCUT2D eigenvalue weighted by Gasteiger charge is -2.17. The van der Waals surface area contributed by atoms with Crippen LogP contribution in [0.15, 0.2) is 23.1 Å². The number of nitrogens with zero attached hydrogens (tertiary/aromatic N) is 1. The van der Waals surface area contributed by atoms with Gasteiger partial charge >= 0.3 is 0 Å². The molecule has 0 aliphatic heterocycles. The molecule has 0 saturated carbocycles. The smallest absolute Gasteiger partial charge is 0.246 e. The minimum Gasteiger partial charge on any atom is -0.495 e. The van der Waals surface area contributed by atoms with Crippen LogP contribution in [0.3, 0.4) is 0 Å². The van der Waals surface area contributed by atoms with E-state index in [4.69, 9.17) is 4.74 Å². The zero-order valence-electron chi connectivity index (χ0n) is 11.9. The summed E-state index contributed by atoms with van der Waals surface area (Å²) in [6.45, 7) is 5.79. The first-order chi connectivity index (χ1) is 8.97. The molecule has 0 atom stereocenters. The normalized spacial score (nSPS) is 11.8. The van der Waals surface area contributed by atoms with E-state index in [1.807, 2.05) is 13.0 Å². The lowest BCUT2D eigenvalue weighted by Crippen LogP contribution is -2.27. The third-order valence-electron chi connectivity index (χ3n) is 2.94. The molecule has 1 rings (SSSR count). The molecule has 1 aromatic rings. The van der Waals surface area contributed by atoms with Crippen molar-refractivity contribution in [3.8, 4) is 5.75 Å². The Hall–Kier alpha value is -1.11. The van der Waals surface area contributed by atoms with Crippen molar-refractivity contribution in [2.24, 2.45) is 0 Å². The van der Waals surface area contributed by atoms with Gasteiger partial charge in [-0.3, -0.25) is 0 Å². The highest BCUT2D eigenvalue weighted by Gasteiger charge is 2.23. The van der Waals surface area contributed by atoms with Crippen LogP contribution >= 0.6 is 0 Å². The highest BCUT2D eigenvalue weighted by molar-refractivity contribution is 7.89.